The van der Waals surface area contributed by atoms with Crippen molar-refractivity contribution in [3.63, 3.8) is 0 Å². The first-order valence-corrected chi connectivity index (χ1v) is 3.76. The van der Waals surface area contributed by atoms with Gasteiger partial charge >= 0.3 is 0 Å². The van der Waals surface area contributed by atoms with Crippen LogP contribution in [-0.4, -0.2) is 29.9 Å². The maximum Gasteiger partial charge on any atom is 0.221 e. The molecule has 0 aromatic heterocycles. The van der Waals surface area contributed by atoms with Crippen molar-refractivity contribution in [2.45, 2.75) is 0 Å². The maximum atomic E-state index is 7.47. The van der Waals surface area contributed by atoms with Crippen molar-refractivity contribution in [2.75, 3.05) is 13.1 Å². The standard InChI is InChI=1S/C8H15N5.ClH/c1-3-5-13(6-4-2)8(11)12-7(9)10;/h3-4H,1-2,5-6H2,(H5,9,10,11,12);1H. The summed E-state index contributed by atoms with van der Waals surface area (Å²) in [5.74, 6) is -0.108. The molecule has 0 aliphatic heterocycles. The Balaban J connectivity index is 0. The third-order valence-corrected chi connectivity index (χ3v) is 1.23. The lowest BCUT2D eigenvalue weighted by atomic mass is 10.5. The lowest BCUT2D eigenvalue weighted by Crippen LogP contribution is -2.33. The fraction of sp³-hybridized carbons (Fsp3) is 0.250. The number of aliphatic imine (C=N–C) groups is 1. The summed E-state index contributed by atoms with van der Waals surface area (Å²) in [6.45, 7) is 8.15. The van der Waals surface area contributed by atoms with E-state index < -0.39 is 0 Å². The highest BCUT2D eigenvalue weighted by molar-refractivity contribution is 5.91. The van der Waals surface area contributed by atoms with Gasteiger partial charge in [-0.25, -0.2) is 0 Å². The molecule has 0 heterocycles. The van der Waals surface area contributed by atoms with Crippen molar-refractivity contribution in [1.82, 2.24) is 4.90 Å². The third-order valence-electron chi connectivity index (χ3n) is 1.23. The molecule has 0 aliphatic carbocycles. The van der Waals surface area contributed by atoms with E-state index >= 15 is 0 Å². The van der Waals surface area contributed by atoms with Crippen LogP contribution < -0.4 is 11.5 Å². The average Bonchev–Trinajstić information content (AvgIpc) is 2.02. The lowest BCUT2D eigenvalue weighted by molar-refractivity contribution is 0.504. The van der Waals surface area contributed by atoms with E-state index in [1.807, 2.05) is 0 Å². The van der Waals surface area contributed by atoms with Gasteiger partial charge < -0.3 is 16.4 Å². The molecular formula is C8H16ClN5. The molecule has 0 aromatic rings. The normalized spacial score (nSPS) is 8.00. The molecule has 0 aliphatic rings. The van der Waals surface area contributed by atoms with Gasteiger partial charge in [-0.3, -0.25) is 5.41 Å². The molecular weight excluding hydrogens is 202 g/mol. The van der Waals surface area contributed by atoms with Crippen LogP contribution in [-0.2, 0) is 0 Å². The Morgan fingerprint density at radius 2 is 1.71 bits per heavy atom. The van der Waals surface area contributed by atoms with Crippen LogP contribution >= 0.6 is 12.4 Å². The summed E-state index contributed by atoms with van der Waals surface area (Å²) in [5, 5.41) is 7.47. The quantitative estimate of drug-likeness (QED) is 0.359. The highest BCUT2D eigenvalue weighted by Crippen LogP contribution is 1.92. The van der Waals surface area contributed by atoms with Crippen LogP contribution in [0.5, 0.6) is 0 Å². The Kier molecular flexibility index (Phi) is 8.71. The first-order valence-electron chi connectivity index (χ1n) is 3.76. The maximum absolute atomic E-state index is 7.47. The number of guanidine groups is 2. The van der Waals surface area contributed by atoms with E-state index in [9.17, 15) is 0 Å². The van der Waals surface area contributed by atoms with Gasteiger partial charge in [0.15, 0.2) is 5.96 Å². The average molecular weight is 218 g/mol. The number of hydrogen-bond donors (Lipinski definition) is 3. The zero-order chi connectivity index (χ0) is 10.3. The Hall–Kier alpha value is -1.49. The molecule has 0 fully saturated rings. The highest BCUT2D eigenvalue weighted by Gasteiger charge is 2.04. The van der Waals surface area contributed by atoms with Gasteiger partial charge in [0.25, 0.3) is 0 Å². The minimum Gasteiger partial charge on any atom is -0.370 e. The molecule has 0 unspecified atom stereocenters. The second-order valence-corrected chi connectivity index (χ2v) is 2.34. The predicted octanol–water partition coefficient (Wildman–Crippen LogP) is 0.290. The molecule has 0 aromatic carbocycles. The van der Waals surface area contributed by atoms with Gasteiger partial charge in [-0.15, -0.1) is 25.6 Å². The molecule has 0 amide bonds. The molecule has 0 saturated heterocycles. The molecule has 0 atom stereocenters. The largest absolute Gasteiger partial charge is 0.370 e. The van der Waals surface area contributed by atoms with Gasteiger partial charge in [0.05, 0.1) is 0 Å². The van der Waals surface area contributed by atoms with Crippen molar-refractivity contribution < 1.29 is 0 Å². The number of halogens is 1. The van der Waals surface area contributed by atoms with Crippen LogP contribution in [0.2, 0.25) is 0 Å². The first-order chi connectivity index (χ1) is 6.11. The van der Waals surface area contributed by atoms with Gasteiger partial charge in [0, 0.05) is 13.1 Å². The van der Waals surface area contributed by atoms with E-state index in [0.717, 1.165) is 0 Å². The van der Waals surface area contributed by atoms with Gasteiger partial charge in [-0.2, -0.15) is 4.99 Å². The number of nitrogens with zero attached hydrogens (tertiary/aromatic N) is 2. The predicted molar refractivity (Wildman–Crippen MR) is 62.8 cm³/mol. The minimum absolute atomic E-state index is 0. The topological polar surface area (TPSA) is 91.5 Å². The number of nitrogens with two attached hydrogens (primary N) is 2. The van der Waals surface area contributed by atoms with Gasteiger partial charge in [0.2, 0.25) is 5.96 Å². The van der Waals surface area contributed by atoms with Crippen molar-refractivity contribution in [3.05, 3.63) is 25.3 Å². The zero-order valence-corrected chi connectivity index (χ0v) is 8.76. The van der Waals surface area contributed by atoms with E-state index in [2.05, 4.69) is 18.2 Å². The molecule has 0 radical (unpaired) electrons. The fourth-order valence-electron chi connectivity index (χ4n) is 0.752. The molecule has 0 spiro atoms. The molecule has 5 nitrogen and oxygen atoms in total. The number of rotatable bonds is 4. The fourth-order valence-corrected chi connectivity index (χ4v) is 0.752. The first kappa shape index (κ1) is 15.0. The third kappa shape index (κ3) is 6.07. The Morgan fingerprint density at radius 1 is 1.29 bits per heavy atom. The summed E-state index contributed by atoms with van der Waals surface area (Å²) < 4.78 is 0. The summed E-state index contributed by atoms with van der Waals surface area (Å²) in [6, 6.07) is 0. The van der Waals surface area contributed by atoms with Crippen molar-refractivity contribution in [3.8, 4) is 0 Å². The molecule has 0 bridgehead atoms. The lowest BCUT2D eigenvalue weighted by Gasteiger charge is -2.18. The summed E-state index contributed by atoms with van der Waals surface area (Å²) in [6.07, 6.45) is 3.33. The van der Waals surface area contributed by atoms with Crippen molar-refractivity contribution in [2.24, 2.45) is 16.5 Å². The molecule has 0 rings (SSSR count). The summed E-state index contributed by atoms with van der Waals surface area (Å²) >= 11 is 0. The van der Waals surface area contributed by atoms with Crippen LogP contribution in [0.1, 0.15) is 0 Å². The van der Waals surface area contributed by atoms with Gasteiger partial charge in [-0.1, -0.05) is 12.2 Å². The van der Waals surface area contributed by atoms with Crippen LogP contribution in [0.3, 0.4) is 0 Å². The molecule has 14 heavy (non-hydrogen) atoms. The molecule has 0 saturated carbocycles. The molecule has 80 valence electrons. The Bertz CT molecular complexity index is 222. The Morgan fingerprint density at radius 3 is 2.00 bits per heavy atom. The van der Waals surface area contributed by atoms with Crippen LogP contribution in [0.25, 0.3) is 0 Å². The Labute approximate surface area is 90.1 Å². The second-order valence-electron chi connectivity index (χ2n) is 2.34. The summed E-state index contributed by atoms with van der Waals surface area (Å²) in [5.41, 5.74) is 10.3. The monoisotopic (exact) mass is 217 g/mol. The van der Waals surface area contributed by atoms with E-state index in [4.69, 9.17) is 16.9 Å². The summed E-state index contributed by atoms with van der Waals surface area (Å²) in [7, 11) is 0. The van der Waals surface area contributed by atoms with Crippen LogP contribution in [0.4, 0.5) is 0 Å². The molecule has 5 N–H and O–H groups in total. The molecule has 6 heteroatoms. The van der Waals surface area contributed by atoms with E-state index in [1.165, 1.54) is 0 Å². The summed E-state index contributed by atoms with van der Waals surface area (Å²) in [4.78, 5) is 5.23. The van der Waals surface area contributed by atoms with E-state index in [0.29, 0.717) is 13.1 Å². The van der Waals surface area contributed by atoms with E-state index in [1.54, 1.807) is 17.1 Å². The smallest absolute Gasteiger partial charge is 0.221 e. The van der Waals surface area contributed by atoms with Crippen LogP contribution in [0, 0.1) is 5.41 Å². The minimum atomic E-state index is -0.122. The second kappa shape index (κ2) is 8.12. The van der Waals surface area contributed by atoms with Gasteiger partial charge in [-0.05, 0) is 0 Å². The SMILES string of the molecule is C=CCN(CC=C)C(=N)N=C(N)N.Cl. The zero-order valence-electron chi connectivity index (χ0n) is 7.94. The van der Waals surface area contributed by atoms with Crippen molar-refractivity contribution in [1.29, 1.82) is 5.41 Å². The number of nitrogens with one attached hydrogen (secondary N) is 1. The highest BCUT2D eigenvalue weighted by atomic mass is 35.5. The van der Waals surface area contributed by atoms with Crippen LogP contribution in [0.15, 0.2) is 30.3 Å². The van der Waals surface area contributed by atoms with Gasteiger partial charge in [0.1, 0.15) is 0 Å². The van der Waals surface area contributed by atoms with Crippen molar-refractivity contribution >= 4 is 24.3 Å². The number of hydrogen-bond acceptors (Lipinski definition) is 1. The van der Waals surface area contributed by atoms with E-state index in [-0.39, 0.29) is 24.3 Å².